The van der Waals surface area contributed by atoms with E-state index in [1.807, 2.05) is 0 Å². The molecule has 0 aromatic rings. The van der Waals surface area contributed by atoms with Crippen molar-refractivity contribution in [1.29, 1.82) is 0 Å². The van der Waals surface area contributed by atoms with Crippen LogP contribution in [0.2, 0.25) is 0 Å². The van der Waals surface area contributed by atoms with E-state index in [-0.39, 0.29) is 0 Å². The summed E-state index contributed by atoms with van der Waals surface area (Å²) >= 11 is 0. The first-order chi connectivity index (χ1) is 8.86. The van der Waals surface area contributed by atoms with Crippen LogP contribution in [0.25, 0.3) is 0 Å². The lowest BCUT2D eigenvalue weighted by Gasteiger charge is -2.31. The fourth-order valence-electron chi connectivity index (χ4n) is 5.36. The van der Waals surface area contributed by atoms with Crippen molar-refractivity contribution < 1.29 is 0 Å². The van der Waals surface area contributed by atoms with Gasteiger partial charge in [0.05, 0.1) is 0 Å². The van der Waals surface area contributed by atoms with E-state index in [1.54, 1.807) is 32.1 Å². The van der Waals surface area contributed by atoms with Crippen LogP contribution in [0.1, 0.15) is 64.2 Å². The van der Waals surface area contributed by atoms with Gasteiger partial charge >= 0.3 is 0 Å². The molecule has 0 aliphatic heterocycles. The lowest BCUT2D eigenvalue weighted by Crippen LogP contribution is -2.28. The quantitative estimate of drug-likeness (QED) is 0.735. The molecule has 2 bridgehead atoms. The molecule has 1 N–H and O–H groups in total. The topological polar surface area (TPSA) is 12.0 Å². The van der Waals surface area contributed by atoms with Crippen LogP contribution in [-0.2, 0) is 0 Å². The van der Waals surface area contributed by atoms with Gasteiger partial charge in [0, 0.05) is 0 Å². The van der Waals surface area contributed by atoms with Gasteiger partial charge < -0.3 is 5.32 Å². The van der Waals surface area contributed by atoms with Gasteiger partial charge in [-0.1, -0.05) is 32.1 Å². The van der Waals surface area contributed by atoms with E-state index >= 15 is 0 Å². The highest BCUT2D eigenvalue weighted by atomic mass is 14.8. The molecule has 1 heteroatoms. The van der Waals surface area contributed by atoms with Gasteiger partial charge in [-0.05, 0) is 75.3 Å². The van der Waals surface area contributed by atoms with E-state index in [9.17, 15) is 0 Å². The van der Waals surface area contributed by atoms with Crippen LogP contribution in [0.3, 0.4) is 0 Å². The monoisotopic (exact) mass is 249 g/mol. The lowest BCUT2D eigenvalue weighted by atomic mass is 9.76. The Morgan fingerprint density at radius 2 is 1.67 bits per heavy atom. The zero-order valence-corrected chi connectivity index (χ0v) is 12.2. The molecular weight excluding hydrogens is 218 g/mol. The van der Waals surface area contributed by atoms with Crippen molar-refractivity contribution in [3.63, 3.8) is 0 Å². The number of nitrogens with one attached hydrogen (secondary N) is 1. The first-order valence-electron chi connectivity index (χ1n) is 8.51. The minimum Gasteiger partial charge on any atom is -0.319 e. The molecular formula is C17H31N. The number of hydrogen-bond acceptors (Lipinski definition) is 1. The van der Waals surface area contributed by atoms with E-state index in [2.05, 4.69) is 12.4 Å². The van der Waals surface area contributed by atoms with Crippen LogP contribution in [-0.4, -0.2) is 13.6 Å². The molecule has 3 saturated carbocycles. The molecule has 3 aliphatic carbocycles. The summed E-state index contributed by atoms with van der Waals surface area (Å²) in [6, 6.07) is 0. The molecule has 0 aromatic carbocycles. The maximum atomic E-state index is 3.45. The van der Waals surface area contributed by atoms with Crippen molar-refractivity contribution in [2.45, 2.75) is 64.2 Å². The molecule has 0 saturated heterocycles. The molecule has 0 amide bonds. The Labute approximate surface area is 113 Å². The highest BCUT2D eigenvalue weighted by Crippen LogP contribution is 2.51. The van der Waals surface area contributed by atoms with Gasteiger partial charge in [-0.2, -0.15) is 0 Å². The van der Waals surface area contributed by atoms with Gasteiger partial charge in [0.15, 0.2) is 0 Å². The summed E-state index contributed by atoms with van der Waals surface area (Å²) in [7, 11) is 2.14. The molecule has 3 rings (SSSR count). The van der Waals surface area contributed by atoms with Gasteiger partial charge in [0.2, 0.25) is 0 Å². The van der Waals surface area contributed by atoms with E-state index < -0.39 is 0 Å². The minimum atomic E-state index is 0.983. The Morgan fingerprint density at radius 1 is 0.833 bits per heavy atom. The average molecular weight is 249 g/mol. The Bertz CT molecular complexity index is 262. The highest BCUT2D eigenvalue weighted by Gasteiger charge is 2.40. The second-order valence-corrected chi connectivity index (χ2v) is 7.39. The first kappa shape index (κ1) is 13.0. The van der Waals surface area contributed by atoms with Gasteiger partial charge in [-0.15, -0.1) is 0 Å². The van der Waals surface area contributed by atoms with Crippen LogP contribution >= 0.6 is 0 Å². The standard InChI is InChI=1S/C17H31N/c1-18-12-16-6-4-2-3-5-14(16)11-17-10-13-7-8-15(17)9-13/h13-18H,2-12H2,1H3. The van der Waals surface area contributed by atoms with Gasteiger partial charge in [-0.25, -0.2) is 0 Å². The molecule has 0 spiro atoms. The molecule has 0 aromatic heterocycles. The molecule has 104 valence electrons. The number of hydrogen-bond donors (Lipinski definition) is 1. The number of rotatable bonds is 4. The summed E-state index contributed by atoms with van der Waals surface area (Å²) in [4.78, 5) is 0. The summed E-state index contributed by atoms with van der Waals surface area (Å²) in [6.07, 6.45) is 15.4. The van der Waals surface area contributed by atoms with Gasteiger partial charge in [0.1, 0.15) is 0 Å². The third-order valence-electron chi connectivity index (χ3n) is 6.27. The summed E-state index contributed by atoms with van der Waals surface area (Å²) in [5.41, 5.74) is 0. The fraction of sp³-hybridized carbons (Fsp3) is 1.00. The molecule has 18 heavy (non-hydrogen) atoms. The lowest BCUT2D eigenvalue weighted by molar-refractivity contribution is 0.205. The zero-order chi connectivity index (χ0) is 12.4. The number of fused-ring (bicyclic) bond motifs is 2. The third kappa shape index (κ3) is 2.76. The molecule has 0 heterocycles. The minimum absolute atomic E-state index is 0.983. The SMILES string of the molecule is CNCC1CCCCCC1CC1CC2CCC1C2. The van der Waals surface area contributed by atoms with Gasteiger partial charge in [-0.3, -0.25) is 0 Å². The van der Waals surface area contributed by atoms with Crippen molar-refractivity contribution >= 4 is 0 Å². The molecule has 0 radical (unpaired) electrons. The van der Waals surface area contributed by atoms with E-state index in [0.717, 1.165) is 29.6 Å². The first-order valence-corrected chi connectivity index (χ1v) is 8.51. The molecule has 3 aliphatic rings. The summed E-state index contributed by atoms with van der Waals surface area (Å²) in [6.45, 7) is 1.27. The Kier molecular flexibility index (Phi) is 4.28. The molecule has 3 fully saturated rings. The van der Waals surface area contributed by atoms with Crippen LogP contribution < -0.4 is 5.32 Å². The molecule has 1 nitrogen and oxygen atoms in total. The van der Waals surface area contributed by atoms with E-state index in [1.165, 1.54) is 38.6 Å². The van der Waals surface area contributed by atoms with Crippen molar-refractivity contribution in [1.82, 2.24) is 5.32 Å². The second-order valence-electron chi connectivity index (χ2n) is 7.39. The maximum absolute atomic E-state index is 3.45. The zero-order valence-electron chi connectivity index (χ0n) is 12.2. The second kappa shape index (κ2) is 5.94. The van der Waals surface area contributed by atoms with Crippen LogP contribution in [0.5, 0.6) is 0 Å². The summed E-state index contributed by atoms with van der Waals surface area (Å²) in [5, 5.41) is 3.45. The summed E-state index contributed by atoms with van der Waals surface area (Å²) < 4.78 is 0. The molecule has 5 unspecified atom stereocenters. The third-order valence-corrected chi connectivity index (χ3v) is 6.27. The highest BCUT2D eigenvalue weighted by molar-refractivity contribution is 4.91. The Morgan fingerprint density at radius 3 is 2.33 bits per heavy atom. The Hall–Kier alpha value is -0.0400. The summed E-state index contributed by atoms with van der Waals surface area (Å²) in [5.74, 6) is 5.41. The average Bonchev–Trinajstić information content (AvgIpc) is 2.91. The van der Waals surface area contributed by atoms with Crippen LogP contribution in [0.4, 0.5) is 0 Å². The maximum Gasteiger partial charge on any atom is -0.00209 e. The normalized spacial score (nSPS) is 44.2. The van der Waals surface area contributed by atoms with E-state index in [0.29, 0.717) is 0 Å². The van der Waals surface area contributed by atoms with Crippen molar-refractivity contribution in [3.8, 4) is 0 Å². The van der Waals surface area contributed by atoms with Crippen molar-refractivity contribution in [2.24, 2.45) is 29.6 Å². The largest absolute Gasteiger partial charge is 0.319 e. The smallest absolute Gasteiger partial charge is 0.00209 e. The molecule has 5 atom stereocenters. The predicted molar refractivity (Wildman–Crippen MR) is 77.5 cm³/mol. The van der Waals surface area contributed by atoms with Crippen molar-refractivity contribution in [3.05, 3.63) is 0 Å². The van der Waals surface area contributed by atoms with Gasteiger partial charge in [0.25, 0.3) is 0 Å². The van der Waals surface area contributed by atoms with Crippen molar-refractivity contribution in [2.75, 3.05) is 13.6 Å². The Balaban J connectivity index is 1.58. The van der Waals surface area contributed by atoms with Crippen LogP contribution in [0.15, 0.2) is 0 Å². The predicted octanol–water partition coefficient (Wildman–Crippen LogP) is 4.23. The van der Waals surface area contributed by atoms with E-state index in [4.69, 9.17) is 0 Å². The van der Waals surface area contributed by atoms with Crippen LogP contribution in [0, 0.1) is 29.6 Å². The fourth-order valence-corrected chi connectivity index (χ4v) is 5.36.